The van der Waals surface area contributed by atoms with Crippen LogP contribution in [0.1, 0.15) is 65.7 Å². The van der Waals surface area contributed by atoms with Gasteiger partial charge < -0.3 is 9.47 Å². The van der Waals surface area contributed by atoms with Crippen LogP contribution in [-0.4, -0.2) is 23.3 Å². The molecule has 5 rings (SSSR count). The van der Waals surface area contributed by atoms with Gasteiger partial charge in [0.1, 0.15) is 17.3 Å². The Morgan fingerprint density at radius 1 is 1.29 bits per heavy atom. The van der Waals surface area contributed by atoms with Crippen molar-refractivity contribution in [2.45, 2.75) is 83.0 Å². The van der Waals surface area contributed by atoms with Gasteiger partial charge in [0.05, 0.1) is 11.6 Å². The van der Waals surface area contributed by atoms with Crippen molar-refractivity contribution in [3.8, 4) is 6.07 Å². The third-order valence-corrected chi connectivity index (χ3v) is 9.35. The van der Waals surface area contributed by atoms with Crippen LogP contribution >= 0.6 is 0 Å². The van der Waals surface area contributed by atoms with Gasteiger partial charge in [0.2, 0.25) is 0 Å². The molecule has 0 aromatic heterocycles. The zero-order chi connectivity index (χ0) is 19.9. The number of carbonyl (C=O) groups is 1. The van der Waals surface area contributed by atoms with Crippen molar-refractivity contribution in [2.75, 3.05) is 0 Å². The molecule has 0 spiro atoms. The van der Waals surface area contributed by atoms with Crippen molar-refractivity contribution in [1.82, 2.24) is 0 Å². The number of fused-ring (bicyclic) bond motifs is 7. The Morgan fingerprint density at radius 2 is 2.07 bits per heavy atom. The van der Waals surface area contributed by atoms with E-state index in [1.54, 1.807) is 0 Å². The molecule has 4 fully saturated rings. The first-order valence-corrected chi connectivity index (χ1v) is 10.9. The zero-order valence-corrected chi connectivity index (χ0v) is 17.3. The molecular weight excluding hydrogens is 350 g/mol. The van der Waals surface area contributed by atoms with Gasteiger partial charge in [-0.25, -0.2) is 0 Å². The first-order chi connectivity index (χ1) is 13.2. The highest BCUT2D eigenvalue weighted by molar-refractivity contribution is 5.66. The van der Waals surface area contributed by atoms with Crippen LogP contribution in [0.3, 0.4) is 0 Å². The zero-order valence-electron chi connectivity index (χ0n) is 17.3. The molecule has 150 valence electrons. The summed E-state index contributed by atoms with van der Waals surface area (Å²) in [6, 6.07) is 2.29. The Bertz CT molecular complexity index is 824. The third-order valence-electron chi connectivity index (χ3n) is 9.35. The topological polar surface area (TPSA) is 62.6 Å². The molecule has 0 unspecified atom stereocenters. The number of nitrogens with zero attached hydrogens (tertiary/aromatic N) is 1. The minimum absolute atomic E-state index is 0.0490. The maximum Gasteiger partial charge on any atom is 0.302 e. The fourth-order valence-electron chi connectivity index (χ4n) is 7.88. The molecule has 4 heteroatoms. The molecule has 0 amide bonds. The Labute approximate surface area is 168 Å². The van der Waals surface area contributed by atoms with E-state index >= 15 is 0 Å². The van der Waals surface area contributed by atoms with Crippen LogP contribution in [0.4, 0.5) is 0 Å². The van der Waals surface area contributed by atoms with Crippen molar-refractivity contribution in [2.24, 2.45) is 29.1 Å². The maximum atomic E-state index is 11.4. The molecule has 28 heavy (non-hydrogen) atoms. The van der Waals surface area contributed by atoms with E-state index in [4.69, 9.17) is 9.47 Å². The lowest BCUT2D eigenvalue weighted by molar-refractivity contribution is -0.148. The highest BCUT2D eigenvalue weighted by atomic mass is 16.6. The Balaban J connectivity index is 1.40. The van der Waals surface area contributed by atoms with Crippen molar-refractivity contribution >= 4 is 5.97 Å². The number of nitriles is 1. The van der Waals surface area contributed by atoms with Crippen LogP contribution in [0.25, 0.3) is 0 Å². The SMILES string of the molecule is C=C(C#N)[C@]12CC[C@H]3[C@@H]4CC=C5C[C@@H](OC(C)=O)CC[C@]5(C)[C@H]4C[C@H]3[C@@]1(C)O2. The van der Waals surface area contributed by atoms with E-state index in [1.165, 1.54) is 18.9 Å². The van der Waals surface area contributed by atoms with Crippen molar-refractivity contribution in [1.29, 1.82) is 5.26 Å². The third kappa shape index (κ3) is 2.17. The number of ether oxygens (including phenoxy) is 2. The van der Waals surface area contributed by atoms with Crippen molar-refractivity contribution < 1.29 is 14.3 Å². The summed E-state index contributed by atoms with van der Waals surface area (Å²) >= 11 is 0. The van der Waals surface area contributed by atoms with Gasteiger partial charge in [0.15, 0.2) is 0 Å². The van der Waals surface area contributed by atoms with Gasteiger partial charge in [-0.3, -0.25) is 4.79 Å². The minimum Gasteiger partial charge on any atom is -0.462 e. The number of hydrogen-bond acceptors (Lipinski definition) is 4. The van der Waals surface area contributed by atoms with Crippen molar-refractivity contribution in [3.63, 3.8) is 0 Å². The second-order valence-electron chi connectivity index (χ2n) is 10.3. The first kappa shape index (κ1) is 18.4. The van der Waals surface area contributed by atoms with E-state index in [9.17, 15) is 10.1 Å². The Kier molecular flexibility index (Phi) is 3.77. The van der Waals surface area contributed by atoms with Crippen LogP contribution in [0.15, 0.2) is 23.8 Å². The normalized spacial score (nSPS) is 50.8. The molecule has 5 aliphatic rings. The molecule has 3 saturated carbocycles. The predicted molar refractivity (Wildman–Crippen MR) is 105 cm³/mol. The number of rotatable bonds is 2. The van der Waals surface area contributed by atoms with Gasteiger partial charge in [0, 0.05) is 13.3 Å². The monoisotopic (exact) mass is 381 g/mol. The summed E-state index contributed by atoms with van der Waals surface area (Å²) in [6.45, 7) is 10.2. The standard InChI is InChI=1S/C24H31NO3/c1-14(13-25)24-10-8-19-18-6-5-16-11-17(27-15(2)26)7-9-22(16,3)20(18)12-21(19)23(24,4)28-24/h5,17-21H,1,6-12H2,2-4H3/t17-,18-,19-,20-,21+,22-,23+,24+/m0/s1. The summed E-state index contributed by atoms with van der Waals surface area (Å²) in [6.07, 6.45) is 9.93. The van der Waals surface area contributed by atoms with Crippen LogP contribution in [0, 0.1) is 40.4 Å². The molecule has 1 heterocycles. The minimum atomic E-state index is -0.388. The molecule has 4 nitrogen and oxygen atoms in total. The maximum absolute atomic E-state index is 11.4. The van der Waals surface area contributed by atoms with Crippen molar-refractivity contribution in [3.05, 3.63) is 23.8 Å². The lowest BCUT2D eigenvalue weighted by atomic mass is 9.56. The highest BCUT2D eigenvalue weighted by Crippen LogP contribution is 2.72. The predicted octanol–water partition coefficient (Wildman–Crippen LogP) is 4.71. The largest absolute Gasteiger partial charge is 0.462 e. The summed E-state index contributed by atoms with van der Waals surface area (Å²) in [5.41, 5.74) is 1.76. The summed E-state index contributed by atoms with van der Waals surface area (Å²) in [5, 5.41) is 9.45. The average molecular weight is 382 g/mol. The lowest BCUT2D eigenvalue weighted by Gasteiger charge is -2.49. The van der Waals surface area contributed by atoms with E-state index < -0.39 is 0 Å². The molecule has 0 N–H and O–H groups in total. The van der Waals surface area contributed by atoms with Gasteiger partial charge in [-0.2, -0.15) is 5.26 Å². The summed E-state index contributed by atoms with van der Waals surface area (Å²) in [7, 11) is 0. The van der Waals surface area contributed by atoms with E-state index in [0.717, 1.165) is 44.4 Å². The number of carbonyl (C=O) groups excluding carboxylic acids is 1. The molecule has 0 radical (unpaired) electrons. The number of allylic oxidation sites excluding steroid dienone is 1. The van der Waals surface area contributed by atoms with E-state index in [2.05, 4.69) is 32.6 Å². The molecule has 8 atom stereocenters. The van der Waals surface area contributed by atoms with E-state index in [-0.39, 0.29) is 28.7 Å². The second-order valence-corrected chi connectivity index (χ2v) is 10.3. The Hall–Kier alpha value is -1.60. The van der Waals surface area contributed by atoms with E-state index in [1.807, 2.05) is 0 Å². The molecule has 0 bridgehead atoms. The molecule has 0 aromatic carbocycles. The fourth-order valence-corrected chi connectivity index (χ4v) is 7.88. The van der Waals surface area contributed by atoms with Crippen LogP contribution in [-0.2, 0) is 14.3 Å². The number of epoxide rings is 1. The molecule has 0 aromatic rings. The molecule has 1 aliphatic heterocycles. The fraction of sp³-hybridized carbons (Fsp3) is 0.750. The van der Waals surface area contributed by atoms with Gasteiger partial charge in [0.25, 0.3) is 0 Å². The summed E-state index contributed by atoms with van der Waals surface area (Å²) in [5.74, 6) is 2.45. The van der Waals surface area contributed by atoms with Crippen LogP contribution < -0.4 is 0 Å². The highest BCUT2D eigenvalue weighted by Gasteiger charge is 2.77. The molecule has 1 saturated heterocycles. The lowest BCUT2D eigenvalue weighted by Crippen LogP contribution is -2.42. The number of esters is 1. The molecule has 4 aliphatic carbocycles. The van der Waals surface area contributed by atoms with Gasteiger partial charge in [-0.1, -0.05) is 25.2 Å². The van der Waals surface area contributed by atoms with Gasteiger partial charge >= 0.3 is 5.97 Å². The quantitative estimate of drug-likeness (QED) is 0.301. The molecular formula is C24H31NO3. The van der Waals surface area contributed by atoms with Crippen LogP contribution in [0.5, 0.6) is 0 Å². The van der Waals surface area contributed by atoms with Gasteiger partial charge in [-0.05, 0) is 74.5 Å². The second kappa shape index (κ2) is 5.72. The van der Waals surface area contributed by atoms with Crippen LogP contribution in [0.2, 0.25) is 0 Å². The number of hydrogen-bond donors (Lipinski definition) is 0. The first-order valence-electron chi connectivity index (χ1n) is 10.9. The Morgan fingerprint density at radius 3 is 2.79 bits per heavy atom. The summed E-state index contributed by atoms with van der Waals surface area (Å²) in [4.78, 5) is 11.4. The van der Waals surface area contributed by atoms with Gasteiger partial charge in [-0.15, -0.1) is 0 Å². The summed E-state index contributed by atoms with van der Waals surface area (Å²) < 4.78 is 11.9. The smallest absolute Gasteiger partial charge is 0.302 e. The van der Waals surface area contributed by atoms with E-state index in [0.29, 0.717) is 23.3 Å². The average Bonchev–Trinajstić information content (AvgIpc) is 3.11.